The van der Waals surface area contributed by atoms with Gasteiger partial charge in [0.05, 0.1) is 4.92 Å². The molecule has 0 atom stereocenters. The monoisotopic (exact) mass is 314 g/mol. The zero-order chi connectivity index (χ0) is 16.7. The maximum absolute atomic E-state index is 12.2. The minimum Gasteiger partial charge on any atom is -0.278 e. The topological polar surface area (TPSA) is 126 Å². The Balaban J connectivity index is 2.23. The molecule has 0 unspecified atom stereocenters. The highest BCUT2D eigenvalue weighted by Crippen LogP contribution is 2.19. The molecule has 0 fully saturated rings. The van der Waals surface area contributed by atoms with Crippen molar-refractivity contribution in [2.45, 2.75) is 0 Å². The van der Waals surface area contributed by atoms with Crippen LogP contribution in [0.1, 0.15) is 0 Å². The Morgan fingerprint density at radius 3 is 2.30 bits per heavy atom. The highest BCUT2D eigenvalue weighted by atomic mass is 16.6. The van der Waals surface area contributed by atoms with Crippen LogP contribution in [0.3, 0.4) is 0 Å². The number of hydrogen-bond donors (Lipinski definition) is 0. The number of hydrogen-bond acceptors (Lipinski definition) is 7. The molecule has 2 aromatic heterocycles. The van der Waals surface area contributed by atoms with Crippen molar-refractivity contribution in [1.29, 1.82) is 0 Å². The van der Waals surface area contributed by atoms with Gasteiger partial charge in [-0.1, -0.05) is 0 Å². The fourth-order valence-corrected chi connectivity index (χ4v) is 2.11. The predicted octanol–water partition coefficient (Wildman–Crippen LogP) is -0.00260. The van der Waals surface area contributed by atoms with Crippen molar-refractivity contribution in [3.63, 3.8) is 0 Å². The summed E-state index contributed by atoms with van der Waals surface area (Å²) in [5, 5.41) is 18.4. The van der Waals surface area contributed by atoms with Crippen molar-refractivity contribution in [1.82, 2.24) is 24.3 Å². The van der Waals surface area contributed by atoms with Crippen LogP contribution in [-0.4, -0.2) is 29.2 Å². The molecule has 1 aromatic carbocycles. The molecule has 0 bridgehead atoms. The van der Waals surface area contributed by atoms with E-state index < -0.39 is 16.2 Å². The van der Waals surface area contributed by atoms with Crippen molar-refractivity contribution in [2.24, 2.45) is 14.1 Å². The maximum Gasteiger partial charge on any atom is 0.332 e. The molecule has 0 aliphatic rings. The van der Waals surface area contributed by atoms with Gasteiger partial charge in [-0.05, 0) is 12.1 Å². The van der Waals surface area contributed by atoms with Crippen molar-refractivity contribution in [2.75, 3.05) is 0 Å². The van der Waals surface area contributed by atoms with Gasteiger partial charge in [0.25, 0.3) is 11.2 Å². The predicted molar refractivity (Wildman–Crippen MR) is 79.9 cm³/mol. The van der Waals surface area contributed by atoms with Gasteiger partial charge in [0.1, 0.15) is 0 Å². The SMILES string of the molecule is Cn1c(=O)c2nc(-c3ccc([N+](=O)[O-])cc3)nnc2n(C)c1=O. The molecule has 0 spiro atoms. The van der Waals surface area contributed by atoms with E-state index in [0.29, 0.717) is 5.56 Å². The van der Waals surface area contributed by atoms with Gasteiger partial charge >= 0.3 is 5.69 Å². The van der Waals surface area contributed by atoms with Gasteiger partial charge in [0, 0.05) is 31.8 Å². The summed E-state index contributed by atoms with van der Waals surface area (Å²) in [7, 11) is 2.81. The molecule has 116 valence electrons. The van der Waals surface area contributed by atoms with Gasteiger partial charge < -0.3 is 0 Å². The smallest absolute Gasteiger partial charge is 0.278 e. The molecule has 10 heteroatoms. The Morgan fingerprint density at radius 2 is 1.70 bits per heavy atom. The standard InChI is InChI=1S/C13H10N6O4/c1-17-11-9(12(20)18(2)13(17)21)14-10(15-16-11)7-3-5-8(6-4-7)19(22)23/h3-6H,1-2H3. The largest absolute Gasteiger partial charge is 0.332 e. The number of nitrogens with zero attached hydrogens (tertiary/aromatic N) is 6. The molecule has 0 aliphatic carbocycles. The minimum atomic E-state index is -0.582. The number of aromatic nitrogens is 5. The number of rotatable bonds is 2. The molecule has 0 N–H and O–H groups in total. The lowest BCUT2D eigenvalue weighted by Gasteiger charge is -2.06. The molecule has 0 radical (unpaired) electrons. The third kappa shape index (κ3) is 2.25. The van der Waals surface area contributed by atoms with E-state index in [-0.39, 0.29) is 22.7 Å². The van der Waals surface area contributed by atoms with E-state index in [2.05, 4.69) is 15.2 Å². The highest BCUT2D eigenvalue weighted by Gasteiger charge is 2.14. The van der Waals surface area contributed by atoms with Gasteiger partial charge in [-0.2, -0.15) is 0 Å². The maximum atomic E-state index is 12.2. The van der Waals surface area contributed by atoms with Crippen LogP contribution in [-0.2, 0) is 14.1 Å². The third-order valence-electron chi connectivity index (χ3n) is 3.40. The Labute approximate surface area is 127 Å². The Bertz CT molecular complexity index is 1050. The molecule has 23 heavy (non-hydrogen) atoms. The molecular weight excluding hydrogens is 304 g/mol. The van der Waals surface area contributed by atoms with Crippen molar-refractivity contribution in [3.05, 3.63) is 55.2 Å². The zero-order valence-electron chi connectivity index (χ0n) is 12.1. The molecule has 0 saturated heterocycles. The summed E-state index contributed by atoms with van der Waals surface area (Å²) >= 11 is 0. The quantitative estimate of drug-likeness (QED) is 0.481. The number of aryl methyl sites for hydroxylation is 1. The van der Waals surface area contributed by atoms with Gasteiger partial charge in [-0.15, -0.1) is 10.2 Å². The molecule has 0 aliphatic heterocycles. The van der Waals surface area contributed by atoms with Crippen LogP contribution in [0, 0.1) is 10.1 Å². The molecule has 3 rings (SSSR count). The van der Waals surface area contributed by atoms with Gasteiger partial charge in [0.2, 0.25) is 0 Å². The van der Waals surface area contributed by atoms with Crippen molar-refractivity contribution < 1.29 is 4.92 Å². The number of non-ortho nitro benzene ring substituents is 1. The normalized spacial score (nSPS) is 10.9. The Hall–Kier alpha value is -3.43. The fraction of sp³-hybridized carbons (Fsp3) is 0.154. The minimum absolute atomic E-state index is 0.00190. The second-order valence-electron chi connectivity index (χ2n) is 4.82. The second kappa shape index (κ2) is 5.09. The van der Waals surface area contributed by atoms with E-state index in [1.807, 2.05) is 0 Å². The fourth-order valence-electron chi connectivity index (χ4n) is 2.11. The van der Waals surface area contributed by atoms with Crippen LogP contribution < -0.4 is 11.2 Å². The summed E-state index contributed by atoms with van der Waals surface area (Å²) in [4.78, 5) is 38.3. The van der Waals surface area contributed by atoms with Crippen LogP contribution in [0.5, 0.6) is 0 Å². The first kappa shape index (κ1) is 14.5. The van der Waals surface area contributed by atoms with Crippen LogP contribution in [0.25, 0.3) is 22.6 Å². The molecule has 3 aromatic rings. The van der Waals surface area contributed by atoms with Crippen LogP contribution in [0.4, 0.5) is 5.69 Å². The number of nitro benzene ring substituents is 1. The van der Waals surface area contributed by atoms with E-state index in [9.17, 15) is 19.7 Å². The summed E-state index contributed by atoms with van der Waals surface area (Å²) in [6, 6.07) is 5.55. The lowest BCUT2D eigenvalue weighted by molar-refractivity contribution is -0.384. The first-order valence-electron chi connectivity index (χ1n) is 6.45. The van der Waals surface area contributed by atoms with Crippen molar-refractivity contribution in [3.8, 4) is 11.4 Å². The van der Waals surface area contributed by atoms with E-state index in [1.165, 1.54) is 42.9 Å². The van der Waals surface area contributed by atoms with Gasteiger partial charge in [0.15, 0.2) is 17.0 Å². The average Bonchev–Trinajstić information content (AvgIpc) is 2.57. The zero-order valence-corrected chi connectivity index (χ0v) is 12.1. The van der Waals surface area contributed by atoms with Crippen LogP contribution in [0.2, 0.25) is 0 Å². The summed E-state index contributed by atoms with van der Waals surface area (Å²) in [5.74, 6) is 0.142. The van der Waals surface area contributed by atoms with Crippen LogP contribution >= 0.6 is 0 Å². The first-order chi connectivity index (χ1) is 10.9. The van der Waals surface area contributed by atoms with E-state index in [1.54, 1.807) is 0 Å². The van der Waals surface area contributed by atoms with Crippen LogP contribution in [0.15, 0.2) is 33.9 Å². The van der Waals surface area contributed by atoms with E-state index >= 15 is 0 Å². The van der Waals surface area contributed by atoms with E-state index in [4.69, 9.17) is 0 Å². The lowest BCUT2D eigenvalue weighted by atomic mass is 10.2. The number of fused-ring (bicyclic) bond motifs is 1. The third-order valence-corrected chi connectivity index (χ3v) is 3.40. The van der Waals surface area contributed by atoms with Gasteiger partial charge in [-0.25, -0.2) is 9.78 Å². The Kier molecular flexibility index (Phi) is 3.21. The molecule has 0 saturated carbocycles. The van der Waals surface area contributed by atoms with Crippen molar-refractivity contribution >= 4 is 16.9 Å². The molecular formula is C13H10N6O4. The summed E-state index contributed by atoms with van der Waals surface area (Å²) in [5.41, 5.74) is -0.633. The number of nitro groups is 1. The Morgan fingerprint density at radius 1 is 1.04 bits per heavy atom. The second-order valence-corrected chi connectivity index (χ2v) is 4.82. The first-order valence-corrected chi connectivity index (χ1v) is 6.45. The molecule has 2 heterocycles. The summed E-state index contributed by atoms with van der Waals surface area (Å²) in [6.07, 6.45) is 0. The van der Waals surface area contributed by atoms with E-state index in [0.717, 1.165) is 4.57 Å². The highest BCUT2D eigenvalue weighted by molar-refractivity contribution is 5.71. The molecule has 10 nitrogen and oxygen atoms in total. The van der Waals surface area contributed by atoms with Gasteiger partial charge in [-0.3, -0.25) is 24.0 Å². The number of benzene rings is 1. The average molecular weight is 314 g/mol. The summed E-state index contributed by atoms with van der Waals surface area (Å²) < 4.78 is 2.10. The molecule has 0 amide bonds. The summed E-state index contributed by atoms with van der Waals surface area (Å²) in [6.45, 7) is 0. The lowest BCUT2D eigenvalue weighted by Crippen LogP contribution is -2.38.